The SMILES string of the molecule is CCCCOC(=O)c1ccc(NS(=O)(=O)c2ccc(Cl)cc2)cc1. The molecule has 7 heteroatoms. The van der Waals surface area contributed by atoms with Crippen molar-refractivity contribution in [3.8, 4) is 0 Å². The Bertz CT molecular complexity index is 786. The summed E-state index contributed by atoms with van der Waals surface area (Å²) in [7, 11) is -3.71. The molecule has 0 heterocycles. The fraction of sp³-hybridized carbons (Fsp3) is 0.235. The Balaban J connectivity index is 2.05. The van der Waals surface area contributed by atoms with E-state index < -0.39 is 16.0 Å². The fourth-order valence-electron chi connectivity index (χ4n) is 1.89. The first-order valence-corrected chi connectivity index (χ1v) is 9.34. The minimum atomic E-state index is -3.71. The van der Waals surface area contributed by atoms with E-state index in [1.54, 1.807) is 0 Å². The molecule has 24 heavy (non-hydrogen) atoms. The lowest BCUT2D eigenvalue weighted by Crippen LogP contribution is -2.13. The Morgan fingerprint density at radius 2 is 1.71 bits per heavy atom. The smallest absolute Gasteiger partial charge is 0.338 e. The molecule has 0 fully saturated rings. The topological polar surface area (TPSA) is 72.5 Å². The molecule has 0 aliphatic heterocycles. The molecule has 0 aromatic heterocycles. The summed E-state index contributed by atoms with van der Waals surface area (Å²) < 4.78 is 32.1. The molecule has 2 aromatic rings. The molecule has 0 aliphatic rings. The summed E-state index contributed by atoms with van der Waals surface area (Å²) >= 11 is 5.76. The second-order valence-corrected chi connectivity index (χ2v) is 7.25. The van der Waals surface area contributed by atoms with Crippen LogP contribution in [0.4, 0.5) is 5.69 Å². The molecule has 0 saturated heterocycles. The summed E-state index contributed by atoms with van der Waals surface area (Å²) in [6.45, 7) is 2.38. The van der Waals surface area contributed by atoms with Gasteiger partial charge in [-0.15, -0.1) is 0 Å². The molecule has 0 atom stereocenters. The van der Waals surface area contributed by atoms with Crippen LogP contribution in [0.5, 0.6) is 0 Å². The number of carbonyl (C=O) groups excluding carboxylic acids is 1. The summed E-state index contributed by atoms with van der Waals surface area (Å²) in [6.07, 6.45) is 1.75. The average Bonchev–Trinajstić information content (AvgIpc) is 2.55. The molecule has 0 unspecified atom stereocenters. The van der Waals surface area contributed by atoms with Crippen LogP contribution in [0, 0.1) is 0 Å². The van der Waals surface area contributed by atoms with Crippen LogP contribution in [0.2, 0.25) is 5.02 Å². The maximum absolute atomic E-state index is 12.3. The molecule has 2 aromatic carbocycles. The highest BCUT2D eigenvalue weighted by molar-refractivity contribution is 7.92. The van der Waals surface area contributed by atoms with E-state index in [-0.39, 0.29) is 4.90 Å². The van der Waals surface area contributed by atoms with Gasteiger partial charge in [-0.05, 0) is 55.0 Å². The van der Waals surface area contributed by atoms with E-state index in [2.05, 4.69) is 4.72 Å². The van der Waals surface area contributed by atoms with E-state index in [1.807, 2.05) is 6.92 Å². The molecule has 0 aliphatic carbocycles. The summed E-state index contributed by atoms with van der Waals surface area (Å²) in [5.41, 5.74) is 0.732. The predicted molar refractivity (Wildman–Crippen MR) is 93.9 cm³/mol. The number of anilines is 1. The van der Waals surface area contributed by atoms with Crippen LogP contribution in [0.3, 0.4) is 0 Å². The van der Waals surface area contributed by atoms with Crippen molar-refractivity contribution < 1.29 is 17.9 Å². The highest BCUT2D eigenvalue weighted by atomic mass is 35.5. The maximum atomic E-state index is 12.3. The van der Waals surface area contributed by atoms with Gasteiger partial charge in [0.2, 0.25) is 0 Å². The number of esters is 1. The number of ether oxygens (including phenoxy) is 1. The quantitative estimate of drug-likeness (QED) is 0.590. The number of carbonyl (C=O) groups is 1. The maximum Gasteiger partial charge on any atom is 0.338 e. The fourth-order valence-corrected chi connectivity index (χ4v) is 3.08. The van der Waals surface area contributed by atoms with Crippen molar-refractivity contribution in [2.45, 2.75) is 24.7 Å². The standard InChI is InChI=1S/C17H18ClNO4S/c1-2-3-12-23-17(20)13-4-8-15(9-5-13)19-24(21,22)16-10-6-14(18)7-11-16/h4-11,19H,2-3,12H2,1H3. The number of nitrogens with one attached hydrogen (secondary N) is 1. The highest BCUT2D eigenvalue weighted by Gasteiger charge is 2.14. The van der Waals surface area contributed by atoms with E-state index in [9.17, 15) is 13.2 Å². The van der Waals surface area contributed by atoms with Crippen LogP contribution in [0.15, 0.2) is 53.4 Å². The lowest BCUT2D eigenvalue weighted by molar-refractivity contribution is 0.0500. The number of sulfonamides is 1. The first-order chi connectivity index (χ1) is 11.4. The summed E-state index contributed by atoms with van der Waals surface area (Å²) in [6, 6.07) is 11.9. The minimum absolute atomic E-state index is 0.106. The van der Waals surface area contributed by atoms with Crippen LogP contribution in [-0.2, 0) is 14.8 Å². The molecular weight excluding hydrogens is 350 g/mol. The normalized spacial score (nSPS) is 11.1. The molecule has 1 N–H and O–H groups in total. The molecule has 2 rings (SSSR count). The van der Waals surface area contributed by atoms with Gasteiger partial charge in [0.1, 0.15) is 0 Å². The lowest BCUT2D eigenvalue weighted by atomic mass is 10.2. The Labute approximate surface area is 146 Å². The summed E-state index contributed by atoms with van der Waals surface area (Å²) in [5, 5.41) is 0.458. The molecule has 0 bridgehead atoms. The van der Waals surface area contributed by atoms with Gasteiger partial charge >= 0.3 is 5.97 Å². The van der Waals surface area contributed by atoms with Gasteiger partial charge in [-0.1, -0.05) is 24.9 Å². The van der Waals surface area contributed by atoms with Crippen molar-refractivity contribution in [1.82, 2.24) is 0 Å². The molecule has 0 radical (unpaired) electrons. The number of hydrogen-bond acceptors (Lipinski definition) is 4. The zero-order chi connectivity index (χ0) is 17.6. The number of hydrogen-bond donors (Lipinski definition) is 1. The van der Waals surface area contributed by atoms with Crippen molar-refractivity contribution in [1.29, 1.82) is 0 Å². The van der Waals surface area contributed by atoms with Gasteiger partial charge in [0.25, 0.3) is 10.0 Å². The van der Waals surface area contributed by atoms with Gasteiger partial charge in [0.15, 0.2) is 0 Å². The Hall–Kier alpha value is -2.05. The Kier molecular flexibility index (Phi) is 6.23. The number of rotatable bonds is 7. The van der Waals surface area contributed by atoms with Crippen molar-refractivity contribution >= 4 is 33.3 Å². The Morgan fingerprint density at radius 3 is 2.29 bits per heavy atom. The molecule has 0 spiro atoms. The van der Waals surface area contributed by atoms with Crippen LogP contribution in [0.1, 0.15) is 30.1 Å². The van der Waals surface area contributed by atoms with Crippen LogP contribution in [0.25, 0.3) is 0 Å². The highest BCUT2D eigenvalue weighted by Crippen LogP contribution is 2.19. The zero-order valence-electron chi connectivity index (χ0n) is 13.2. The predicted octanol–water partition coefficient (Wildman–Crippen LogP) is 4.10. The van der Waals surface area contributed by atoms with E-state index in [4.69, 9.17) is 16.3 Å². The molecular formula is C17H18ClNO4S. The van der Waals surface area contributed by atoms with Gasteiger partial charge in [-0.25, -0.2) is 13.2 Å². The van der Waals surface area contributed by atoms with Crippen LogP contribution < -0.4 is 4.72 Å². The van der Waals surface area contributed by atoms with Gasteiger partial charge in [0.05, 0.1) is 17.1 Å². The third kappa shape index (κ3) is 4.97. The average molecular weight is 368 g/mol. The third-order valence-corrected chi connectivity index (χ3v) is 4.88. The van der Waals surface area contributed by atoms with E-state index in [0.717, 1.165) is 12.8 Å². The monoisotopic (exact) mass is 367 g/mol. The van der Waals surface area contributed by atoms with Gasteiger partial charge in [-0.2, -0.15) is 0 Å². The first-order valence-electron chi connectivity index (χ1n) is 7.48. The van der Waals surface area contributed by atoms with Crippen molar-refractivity contribution in [3.05, 3.63) is 59.1 Å². The molecule has 5 nitrogen and oxygen atoms in total. The number of halogens is 1. The van der Waals surface area contributed by atoms with Gasteiger partial charge < -0.3 is 4.74 Å². The molecule has 128 valence electrons. The zero-order valence-corrected chi connectivity index (χ0v) is 14.7. The van der Waals surface area contributed by atoms with Crippen molar-refractivity contribution in [2.75, 3.05) is 11.3 Å². The lowest BCUT2D eigenvalue weighted by Gasteiger charge is -2.09. The number of benzene rings is 2. The van der Waals surface area contributed by atoms with E-state index >= 15 is 0 Å². The second kappa shape index (κ2) is 8.17. The second-order valence-electron chi connectivity index (χ2n) is 5.13. The summed E-state index contributed by atoms with van der Waals surface area (Å²) in [5.74, 6) is -0.421. The van der Waals surface area contributed by atoms with Crippen molar-refractivity contribution in [2.24, 2.45) is 0 Å². The summed E-state index contributed by atoms with van der Waals surface area (Å²) in [4.78, 5) is 11.9. The van der Waals surface area contributed by atoms with Crippen LogP contribution in [-0.4, -0.2) is 21.0 Å². The Morgan fingerprint density at radius 1 is 1.08 bits per heavy atom. The minimum Gasteiger partial charge on any atom is -0.462 e. The molecule has 0 amide bonds. The first kappa shape index (κ1) is 18.3. The van der Waals surface area contributed by atoms with E-state index in [1.165, 1.54) is 48.5 Å². The molecule has 0 saturated carbocycles. The van der Waals surface area contributed by atoms with Gasteiger partial charge in [-0.3, -0.25) is 4.72 Å². The van der Waals surface area contributed by atoms with Crippen molar-refractivity contribution in [3.63, 3.8) is 0 Å². The van der Waals surface area contributed by atoms with Crippen LogP contribution >= 0.6 is 11.6 Å². The van der Waals surface area contributed by atoms with Gasteiger partial charge in [0, 0.05) is 10.7 Å². The number of unbranched alkanes of at least 4 members (excludes halogenated alkanes) is 1. The largest absolute Gasteiger partial charge is 0.462 e. The third-order valence-electron chi connectivity index (χ3n) is 3.23. The van der Waals surface area contributed by atoms with E-state index in [0.29, 0.717) is 22.9 Å².